The number of hydrogen-bond donors (Lipinski definition) is 2. The van der Waals surface area contributed by atoms with Crippen molar-refractivity contribution in [3.8, 4) is 5.75 Å². The molecule has 0 aliphatic rings. The number of benzene rings is 1. The van der Waals surface area contributed by atoms with Crippen LogP contribution in [0.15, 0.2) is 18.2 Å². The Labute approximate surface area is 83.9 Å². The monoisotopic (exact) mass is 277 g/mol. The molecule has 4 heteroatoms. The summed E-state index contributed by atoms with van der Waals surface area (Å²) in [6.45, 7) is 0. The number of rotatable bonds is 1. The topological polar surface area (TPSA) is 49.3 Å². The Kier molecular flexibility index (Phi) is 2.91. The lowest BCUT2D eigenvalue weighted by atomic mass is 10.2. The van der Waals surface area contributed by atoms with Gasteiger partial charge in [-0.3, -0.25) is 4.79 Å². The minimum atomic E-state index is -0.185. The third-order valence-electron chi connectivity index (χ3n) is 1.42. The van der Waals surface area contributed by atoms with E-state index in [9.17, 15) is 4.79 Å². The molecule has 3 nitrogen and oxygen atoms in total. The molecule has 12 heavy (non-hydrogen) atoms. The number of carbonyl (C=O) groups excluding carboxylic acids is 1. The van der Waals surface area contributed by atoms with Crippen molar-refractivity contribution in [1.29, 1.82) is 0 Å². The predicted octanol–water partition coefficient (Wildman–Crippen LogP) is 1.36. The number of amides is 1. The normalized spacial score (nSPS) is 9.50. The minimum Gasteiger partial charge on any atom is -0.508 e. The van der Waals surface area contributed by atoms with E-state index in [1.54, 1.807) is 19.2 Å². The molecule has 0 bridgehead atoms. The van der Waals surface area contributed by atoms with Crippen molar-refractivity contribution in [2.24, 2.45) is 0 Å². The molecule has 0 heterocycles. The molecule has 0 aliphatic heterocycles. The van der Waals surface area contributed by atoms with Gasteiger partial charge in [-0.25, -0.2) is 0 Å². The van der Waals surface area contributed by atoms with E-state index < -0.39 is 0 Å². The van der Waals surface area contributed by atoms with E-state index in [1.807, 2.05) is 22.6 Å². The molecular formula is C8H8INO2. The summed E-state index contributed by atoms with van der Waals surface area (Å²) in [6.07, 6.45) is 0. The van der Waals surface area contributed by atoms with Crippen LogP contribution < -0.4 is 5.32 Å². The van der Waals surface area contributed by atoms with E-state index in [4.69, 9.17) is 5.11 Å². The van der Waals surface area contributed by atoms with Crippen LogP contribution in [0.1, 0.15) is 10.4 Å². The van der Waals surface area contributed by atoms with Crippen molar-refractivity contribution < 1.29 is 9.90 Å². The van der Waals surface area contributed by atoms with Gasteiger partial charge in [0.25, 0.3) is 5.91 Å². The van der Waals surface area contributed by atoms with Gasteiger partial charge in [0, 0.05) is 10.6 Å². The molecule has 0 aromatic heterocycles. The molecule has 0 atom stereocenters. The van der Waals surface area contributed by atoms with E-state index >= 15 is 0 Å². The lowest BCUT2D eigenvalue weighted by Gasteiger charge is -2.02. The molecule has 1 amide bonds. The van der Waals surface area contributed by atoms with Gasteiger partial charge in [-0.1, -0.05) is 0 Å². The fourth-order valence-corrected chi connectivity index (χ4v) is 1.40. The second-order valence-corrected chi connectivity index (χ2v) is 3.41. The standard InChI is InChI=1S/C8H8INO2/c1-10-8(12)6-4-5(11)2-3-7(6)9/h2-4,11H,1H3,(H,10,12). The fourth-order valence-electron chi connectivity index (χ4n) is 0.822. The molecule has 1 aromatic carbocycles. The lowest BCUT2D eigenvalue weighted by molar-refractivity contribution is 0.0962. The molecule has 1 aromatic rings. The average molecular weight is 277 g/mol. The smallest absolute Gasteiger partial charge is 0.252 e. The molecule has 0 saturated carbocycles. The van der Waals surface area contributed by atoms with Crippen LogP contribution in [0.2, 0.25) is 0 Å². The number of halogens is 1. The zero-order valence-electron chi connectivity index (χ0n) is 6.47. The third kappa shape index (κ3) is 1.88. The van der Waals surface area contributed by atoms with Gasteiger partial charge in [0.05, 0.1) is 5.56 Å². The fraction of sp³-hybridized carbons (Fsp3) is 0.125. The van der Waals surface area contributed by atoms with Crippen LogP contribution in [0.25, 0.3) is 0 Å². The highest BCUT2D eigenvalue weighted by Crippen LogP contribution is 2.17. The average Bonchev–Trinajstić information content (AvgIpc) is 2.08. The first-order chi connectivity index (χ1) is 5.65. The zero-order valence-corrected chi connectivity index (χ0v) is 8.62. The Morgan fingerprint density at radius 3 is 2.83 bits per heavy atom. The van der Waals surface area contributed by atoms with Crippen molar-refractivity contribution in [2.45, 2.75) is 0 Å². The number of hydrogen-bond acceptors (Lipinski definition) is 2. The Morgan fingerprint density at radius 1 is 1.58 bits per heavy atom. The van der Waals surface area contributed by atoms with E-state index in [0.717, 1.165) is 3.57 Å². The van der Waals surface area contributed by atoms with Gasteiger partial charge in [0.2, 0.25) is 0 Å². The minimum absolute atomic E-state index is 0.106. The summed E-state index contributed by atoms with van der Waals surface area (Å²) in [5.74, 6) is -0.0793. The first kappa shape index (κ1) is 9.31. The second kappa shape index (κ2) is 3.75. The van der Waals surface area contributed by atoms with Gasteiger partial charge in [-0.05, 0) is 40.8 Å². The van der Waals surface area contributed by atoms with Gasteiger partial charge in [0.1, 0.15) is 5.75 Å². The van der Waals surface area contributed by atoms with Crippen LogP contribution in [-0.2, 0) is 0 Å². The quantitative estimate of drug-likeness (QED) is 0.761. The molecule has 0 fully saturated rings. The number of phenolic OH excluding ortho intramolecular Hbond substituents is 1. The Morgan fingerprint density at radius 2 is 2.25 bits per heavy atom. The first-order valence-electron chi connectivity index (χ1n) is 3.35. The molecule has 0 unspecified atom stereocenters. The summed E-state index contributed by atoms with van der Waals surface area (Å²) in [7, 11) is 1.56. The van der Waals surface area contributed by atoms with Gasteiger partial charge in [-0.2, -0.15) is 0 Å². The molecule has 0 aliphatic carbocycles. The highest BCUT2D eigenvalue weighted by molar-refractivity contribution is 14.1. The van der Waals surface area contributed by atoms with Crippen LogP contribution >= 0.6 is 22.6 Å². The van der Waals surface area contributed by atoms with Crippen LogP contribution in [0, 0.1) is 3.57 Å². The van der Waals surface area contributed by atoms with E-state index in [1.165, 1.54) is 6.07 Å². The maximum Gasteiger partial charge on any atom is 0.252 e. The summed E-state index contributed by atoms with van der Waals surface area (Å²) in [6, 6.07) is 4.69. The maximum absolute atomic E-state index is 11.2. The van der Waals surface area contributed by atoms with E-state index in [0.29, 0.717) is 5.56 Å². The third-order valence-corrected chi connectivity index (χ3v) is 2.36. The summed E-state index contributed by atoms with van der Waals surface area (Å²) < 4.78 is 0.824. The highest BCUT2D eigenvalue weighted by Gasteiger charge is 2.07. The molecule has 0 radical (unpaired) electrons. The predicted molar refractivity (Wildman–Crippen MR) is 54.2 cm³/mol. The van der Waals surface area contributed by atoms with Crippen LogP contribution in [0.5, 0.6) is 5.75 Å². The molecule has 1 rings (SSSR count). The molecule has 2 N–H and O–H groups in total. The number of nitrogens with one attached hydrogen (secondary N) is 1. The Bertz CT molecular complexity index is 312. The van der Waals surface area contributed by atoms with Crippen LogP contribution in [0.4, 0.5) is 0 Å². The molecule has 64 valence electrons. The van der Waals surface area contributed by atoms with Crippen LogP contribution in [-0.4, -0.2) is 18.1 Å². The molecule has 0 saturated heterocycles. The summed E-state index contributed by atoms with van der Waals surface area (Å²) in [5.41, 5.74) is 0.498. The SMILES string of the molecule is CNC(=O)c1cc(O)ccc1I. The highest BCUT2D eigenvalue weighted by atomic mass is 127. The van der Waals surface area contributed by atoms with Crippen molar-refractivity contribution in [2.75, 3.05) is 7.05 Å². The zero-order chi connectivity index (χ0) is 9.14. The first-order valence-corrected chi connectivity index (χ1v) is 4.43. The van der Waals surface area contributed by atoms with Gasteiger partial charge in [-0.15, -0.1) is 0 Å². The lowest BCUT2D eigenvalue weighted by Crippen LogP contribution is -2.18. The molecule has 0 spiro atoms. The van der Waals surface area contributed by atoms with E-state index in [2.05, 4.69) is 5.32 Å². The number of aromatic hydroxyl groups is 1. The molecular weight excluding hydrogens is 269 g/mol. The van der Waals surface area contributed by atoms with Crippen LogP contribution in [0.3, 0.4) is 0 Å². The van der Waals surface area contributed by atoms with Crippen molar-refractivity contribution in [1.82, 2.24) is 5.32 Å². The Hall–Kier alpha value is -0.780. The largest absolute Gasteiger partial charge is 0.508 e. The van der Waals surface area contributed by atoms with Crippen molar-refractivity contribution in [3.63, 3.8) is 0 Å². The number of phenols is 1. The summed E-state index contributed by atoms with van der Waals surface area (Å²) >= 11 is 2.04. The van der Waals surface area contributed by atoms with Crippen molar-refractivity contribution in [3.05, 3.63) is 27.3 Å². The van der Waals surface area contributed by atoms with Gasteiger partial charge >= 0.3 is 0 Å². The summed E-state index contributed by atoms with van der Waals surface area (Å²) in [5, 5.41) is 11.6. The number of carbonyl (C=O) groups is 1. The second-order valence-electron chi connectivity index (χ2n) is 2.24. The van der Waals surface area contributed by atoms with Gasteiger partial charge < -0.3 is 10.4 Å². The van der Waals surface area contributed by atoms with Gasteiger partial charge in [0.15, 0.2) is 0 Å². The van der Waals surface area contributed by atoms with E-state index in [-0.39, 0.29) is 11.7 Å². The summed E-state index contributed by atoms with van der Waals surface area (Å²) in [4.78, 5) is 11.2. The van der Waals surface area contributed by atoms with Crippen molar-refractivity contribution >= 4 is 28.5 Å². The Balaban J connectivity index is 3.13. The maximum atomic E-state index is 11.2.